The van der Waals surface area contributed by atoms with Gasteiger partial charge >= 0.3 is 0 Å². The predicted molar refractivity (Wildman–Crippen MR) is 80.8 cm³/mol. The van der Waals surface area contributed by atoms with E-state index in [9.17, 15) is 0 Å². The summed E-state index contributed by atoms with van der Waals surface area (Å²) in [6.07, 6.45) is 0. The molecule has 2 rings (SSSR count). The molecule has 0 saturated carbocycles. The van der Waals surface area contributed by atoms with Gasteiger partial charge in [0.2, 0.25) is 0 Å². The van der Waals surface area contributed by atoms with E-state index in [1.54, 1.807) is 0 Å². The highest BCUT2D eigenvalue weighted by atomic mass is 79.9. The Kier molecular flexibility index (Phi) is 4.81. The Morgan fingerprint density at radius 3 is 2.56 bits per heavy atom. The van der Waals surface area contributed by atoms with Crippen LogP contribution in [0.4, 0.5) is 0 Å². The molecule has 0 aliphatic rings. The van der Waals surface area contributed by atoms with Crippen LogP contribution in [0.25, 0.3) is 0 Å². The summed E-state index contributed by atoms with van der Waals surface area (Å²) in [5, 5.41) is 4.27. The number of rotatable bonds is 4. The van der Waals surface area contributed by atoms with Crippen molar-refractivity contribution in [2.24, 2.45) is 0 Å². The summed E-state index contributed by atoms with van der Waals surface area (Å²) in [4.78, 5) is 0. The predicted octanol–water partition coefficient (Wildman–Crippen LogP) is 4.95. The van der Waals surface area contributed by atoms with Crippen molar-refractivity contribution in [3.8, 4) is 0 Å². The highest BCUT2D eigenvalue weighted by Crippen LogP contribution is 2.17. The second-order valence-corrected chi connectivity index (χ2v) is 5.64. The van der Waals surface area contributed by atoms with E-state index in [0.717, 1.165) is 16.0 Å². The second-order valence-electron chi connectivity index (χ2n) is 4.28. The van der Waals surface area contributed by atoms with Crippen LogP contribution in [0, 0.1) is 0 Å². The van der Waals surface area contributed by atoms with Crippen molar-refractivity contribution in [3.63, 3.8) is 0 Å². The summed E-state index contributed by atoms with van der Waals surface area (Å²) in [7, 11) is 0. The van der Waals surface area contributed by atoms with E-state index in [-0.39, 0.29) is 0 Å². The van der Waals surface area contributed by atoms with Gasteiger partial charge in [0.25, 0.3) is 0 Å². The fourth-order valence-corrected chi connectivity index (χ4v) is 2.26. The van der Waals surface area contributed by atoms with Crippen molar-refractivity contribution in [3.05, 3.63) is 69.2 Å². The molecule has 0 spiro atoms. The maximum absolute atomic E-state index is 5.96. The molecule has 0 bridgehead atoms. The highest BCUT2D eigenvalue weighted by molar-refractivity contribution is 9.10. The number of halogens is 2. The van der Waals surface area contributed by atoms with Gasteiger partial charge in [0, 0.05) is 22.1 Å². The molecule has 0 radical (unpaired) electrons. The molecular weight excluding hydrogens is 310 g/mol. The summed E-state index contributed by atoms with van der Waals surface area (Å²) in [5.41, 5.74) is 2.48. The minimum absolute atomic E-state index is 0.317. The Balaban J connectivity index is 1.96. The Hall–Kier alpha value is -0.830. The molecule has 2 aromatic rings. The normalized spacial score (nSPS) is 12.4. The molecule has 1 atom stereocenters. The minimum Gasteiger partial charge on any atom is -0.306 e. The fraction of sp³-hybridized carbons (Fsp3) is 0.200. The average Bonchev–Trinajstić information content (AvgIpc) is 2.37. The SMILES string of the molecule is C[C@@H](NCc1cccc(Cl)c1)c1ccc(Br)cc1. The molecule has 0 amide bonds. The van der Waals surface area contributed by atoms with Gasteiger partial charge in [-0.05, 0) is 42.3 Å². The first-order chi connectivity index (χ1) is 8.65. The van der Waals surface area contributed by atoms with Gasteiger partial charge in [-0.2, -0.15) is 0 Å². The van der Waals surface area contributed by atoms with Gasteiger partial charge in [0.05, 0.1) is 0 Å². The van der Waals surface area contributed by atoms with Gasteiger partial charge in [-0.3, -0.25) is 0 Å². The average molecular weight is 325 g/mol. The van der Waals surface area contributed by atoms with Gasteiger partial charge in [0.15, 0.2) is 0 Å². The lowest BCUT2D eigenvalue weighted by Gasteiger charge is -2.14. The number of hydrogen-bond acceptors (Lipinski definition) is 1. The van der Waals surface area contributed by atoms with Crippen LogP contribution in [0.5, 0.6) is 0 Å². The molecule has 0 saturated heterocycles. The molecule has 1 N–H and O–H groups in total. The van der Waals surface area contributed by atoms with Crippen molar-refractivity contribution >= 4 is 27.5 Å². The summed E-state index contributed by atoms with van der Waals surface area (Å²) in [5.74, 6) is 0. The third-order valence-electron chi connectivity index (χ3n) is 2.87. The Labute approximate surface area is 121 Å². The Morgan fingerprint density at radius 1 is 1.17 bits per heavy atom. The van der Waals surface area contributed by atoms with Gasteiger partial charge in [-0.1, -0.05) is 51.8 Å². The minimum atomic E-state index is 0.317. The van der Waals surface area contributed by atoms with Crippen LogP contribution in [0.3, 0.4) is 0 Å². The molecule has 0 heterocycles. The van der Waals surface area contributed by atoms with E-state index in [2.05, 4.69) is 58.5 Å². The van der Waals surface area contributed by atoms with E-state index in [0.29, 0.717) is 6.04 Å². The number of benzene rings is 2. The molecule has 18 heavy (non-hydrogen) atoms. The lowest BCUT2D eigenvalue weighted by atomic mass is 10.1. The molecule has 0 fully saturated rings. The maximum Gasteiger partial charge on any atom is 0.0409 e. The topological polar surface area (TPSA) is 12.0 Å². The van der Waals surface area contributed by atoms with E-state index < -0.39 is 0 Å². The summed E-state index contributed by atoms with van der Waals surface area (Å²) in [6, 6.07) is 16.6. The van der Waals surface area contributed by atoms with Crippen LogP contribution >= 0.6 is 27.5 Å². The first-order valence-electron chi connectivity index (χ1n) is 5.88. The third-order valence-corrected chi connectivity index (χ3v) is 3.64. The molecule has 0 aromatic heterocycles. The third kappa shape index (κ3) is 3.84. The van der Waals surface area contributed by atoms with Crippen molar-refractivity contribution < 1.29 is 0 Å². The molecule has 0 aliphatic carbocycles. The van der Waals surface area contributed by atoms with Gasteiger partial charge in [-0.15, -0.1) is 0 Å². The summed E-state index contributed by atoms with van der Waals surface area (Å²) < 4.78 is 1.10. The quantitative estimate of drug-likeness (QED) is 0.838. The zero-order valence-corrected chi connectivity index (χ0v) is 12.5. The van der Waals surface area contributed by atoms with Crippen LogP contribution < -0.4 is 5.32 Å². The molecule has 94 valence electrons. The molecular formula is C15H15BrClN. The molecule has 3 heteroatoms. The van der Waals surface area contributed by atoms with E-state index in [4.69, 9.17) is 11.6 Å². The van der Waals surface area contributed by atoms with Crippen LogP contribution in [0.2, 0.25) is 5.02 Å². The van der Waals surface area contributed by atoms with Gasteiger partial charge < -0.3 is 5.32 Å². The summed E-state index contributed by atoms with van der Waals surface area (Å²) in [6.45, 7) is 2.98. The number of nitrogens with one attached hydrogen (secondary N) is 1. The second kappa shape index (κ2) is 6.37. The smallest absolute Gasteiger partial charge is 0.0409 e. The van der Waals surface area contributed by atoms with E-state index >= 15 is 0 Å². The van der Waals surface area contributed by atoms with Crippen LogP contribution in [0.1, 0.15) is 24.1 Å². The molecule has 0 aliphatic heterocycles. The van der Waals surface area contributed by atoms with Crippen molar-refractivity contribution in [2.45, 2.75) is 19.5 Å². The molecule has 0 unspecified atom stereocenters. The standard InChI is InChI=1S/C15H15BrClN/c1-11(13-5-7-14(16)8-6-13)18-10-12-3-2-4-15(17)9-12/h2-9,11,18H,10H2,1H3/t11-/m1/s1. The van der Waals surface area contributed by atoms with Crippen LogP contribution in [-0.4, -0.2) is 0 Å². The Bertz CT molecular complexity index is 510. The van der Waals surface area contributed by atoms with Crippen LogP contribution in [-0.2, 0) is 6.54 Å². The monoisotopic (exact) mass is 323 g/mol. The van der Waals surface area contributed by atoms with Crippen molar-refractivity contribution in [2.75, 3.05) is 0 Å². The lowest BCUT2D eigenvalue weighted by molar-refractivity contribution is 0.574. The fourth-order valence-electron chi connectivity index (χ4n) is 1.79. The lowest BCUT2D eigenvalue weighted by Crippen LogP contribution is -2.17. The van der Waals surface area contributed by atoms with Crippen molar-refractivity contribution in [1.29, 1.82) is 0 Å². The first-order valence-corrected chi connectivity index (χ1v) is 7.05. The Morgan fingerprint density at radius 2 is 1.89 bits per heavy atom. The zero-order chi connectivity index (χ0) is 13.0. The van der Waals surface area contributed by atoms with Gasteiger partial charge in [-0.25, -0.2) is 0 Å². The van der Waals surface area contributed by atoms with Gasteiger partial charge in [0.1, 0.15) is 0 Å². The van der Waals surface area contributed by atoms with E-state index in [1.165, 1.54) is 11.1 Å². The van der Waals surface area contributed by atoms with Crippen molar-refractivity contribution in [1.82, 2.24) is 5.32 Å². The largest absolute Gasteiger partial charge is 0.306 e. The molecule has 1 nitrogen and oxygen atoms in total. The van der Waals surface area contributed by atoms with E-state index in [1.807, 2.05) is 18.2 Å². The first kappa shape index (κ1) is 13.6. The zero-order valence-electron chi connectivity index (χ0n) is 10.2. The number of hydrogen-bond donors (Lipinski definition) is 1. The van der Waals surface area contributed by atoms with Crippen LogP contribution in [0.15, 0.2) is 53.0 Å². The summed E-state index contributed by atoms with van der Waals surface area (Å²) >= 11 is 9.40. The molecule has 2 aromatic carbocycles. The highest BCUT2D eigenvalue weighted by Gasteiger charge is 2.04. The maximum atomic E-state index is 5.96.